The van der Waals surface area contributed by atoms with Crippen molar-refractivity contribution in [1.29, 1.82) is 0 Å². The molecule has 0 aromatic carbocycles. The van der Waals surface area contributed by atoms with Crippen molar-refractivity contribution in [3.8, 4) is 0 Å². The van der Waals surface area contributed by atoms with Crippen LogP contribution < -0.4 is 11.1 Å². The molecular formula is C11H18N2O3. The molecule has 1 amide bonds. The molecule has 1 saturated carbocycles. The largest absolute Gasteiger partial charge is 0.480 e. The van der Waals surface area contributed by atoms with Crippen LogP contribution in [0.3, 0.4) is 0 Å². The lowest BCUT2D eigenvalue weighted by molar-refractivity contribution is -0.147. The molecule has 0 radical (unpaired) electrons. The van der Waals surface area contributed by atoms with Gasteiger partial charge in [-0.1, -0.05) is 18.9 Å². The van der Waals surface area contributed by atoms with Crippen molar-refractivity contribution in [1.82, 2.24) is 5.32 Å². The first-order valence-electron chi connectivity index (χ1n) is 5.44. The Bertz CT molecular complexity index is 296. The number of nitrogens with two attached hydrogens (primary N) is 1. The lowest BCUT2D eigenvalue weighted by Crippen LogP contribution is -2.56. The minimum atomic E-state index is -1.10. The van der Waals surface area contributed by atoms with Gasteiger partial charge in [0, 0.05) is 0 Å². The Kier molecular flexibility index (Phi) is 4.06. The van der Waals surface area contributed by atoms with E-state index in [2.05, 4.69) is 11.9 Å². The maximum Gasteiger partial charge on any atom is 0.329 e. The molecule has 90 valence electrons. The number of rotatable bonds is 5. The zero-order valence-corrected chi connectivity index (χ0v) is 9.24. The number of hydrogen-bond donors (Lipinski definition) is 3. The molecule has 0 spiro atoms. The second-order valence-corrected chi connectivity index (χ2v) is 4.21. The van der Waals surface area contributed by atoms with E-state index in [1.807, 2.05) is 0 Å². The van der Waals surface area contributed by atoms with Crippen LogP contribution in [0.2, 0.25) is 0 Å². The van der Waals surface area contributed by atoms with Crippen molar-refractivity contribution < 1.29 is 14.7 Å². The highest BCUT2D eigenvalue weighted by molar-refractivity contribution is 5.89. The standard InChI is InChI=1S/C11H18N2O3/c1-2-5-8(12)9(14)13-11(10(15)16)6-3-4-7-11/h2,8H,1,3-7,12H2,(H,13,14)(H,15,16). The number of amides is 1. The summed E-state index contributed by atoms with van der Waals surface area (Å²) in [6, 6.07) is -0.714. The maximum atomic E-state index is 11.7. The summed E-state index contributed by atoms with van der Waals surface area (Å²) in [5, 5.41) is 11.7. The summed E-state index contributed by atoms with van der Waals surface area (Å²) < 4.78 is 0. The second-order valence-electron chi connectivity index (χ2n) is 4.21. The number of carbonyl (C=O) groups is 2. The van der Waals surface area contributed by atoms with E-state index in [1.54, 1.807) is 6.08 Å². The third-order valence-electron chi connectivity index (χ3n) is 2.99. The highest BCUT2D eigenvalue weighted by Crippen LogP contribution is 2.29. The fraction of sp³-hybridized carbons (Fsp3) is 0.636. The minimum absolute atomic E-state index is 0.349. The fourth-order valence-electron chi connectivity index (χ4n) is 1.99. The van der Waals surface area contributed by atoms with Crippen LogP contribution in [0.25, 0.3) is 0 Å². The van der Waals surface area contributed by atoms with Gasteiger partial charge in [-0.25, -0.2) is 4.79 Å². The van der Waals surface area contributed by atoms with Crippen LogP contribution >= 0.6 is 0 Å². The Balaban J connectivity index is 2.66. The van der Waals surface area contributed by atoms with Crippen LogP contribution in [0.4, 0.5) is 0 Å². The summed E-state index contributed by atoms with van der Waals surface area (Å²) in [5.74, 6) is -1.38. The molecule has 0 heterocycles. The summed E-state index contributed by atoms with van der Waals surface area (Å²) in [6.45, 7) is 3.49. The molecule has 5 heteroatoms. The lowest BCUT2D eigenvalue weighted by Gasteiger charge is -2.26. The molecule has 16 heavy (non-hydrogen) atoms. The monoisotopic (exact) mass is 226 g/mol. The summed E-state index contributed by atoms with van der Waals surface area (Å²) in [7, 11) is 0. The maximum absolute atomic E-state index is 11.7. The fourth-order valence-corrected chi connectivity index (χ4v) is 1.99. The molecule has 0 aliphatic heterocycles. The van der Waals surface area contributed by atoms with Crippen molar-refractivity contribution in [2.45, 2.75) is 43.7 Å². The predicted molar refractivity (Wildman–Crippen MR) is 59.8 cm³/mol. The lowest BCUT2D eigenvalue weighted by atomic mass is 9.97. The highest BCUT2D eigenvalue weighted by Gasteiger charge is 2.43. The molecule has 1 rings (SSSR count). The van der Waals surface area contributed by atoms with E-state index in [4.69, 9.17) is 10.8 Å². The molecule has 1 unspecified atom stereocenters. The SMILES string of the molecule is C=CCC(N)C(=O)NC1(C(=O)O)CCCC1. The molecule has 4 N–H and O–H groups in total. The van der Waals surface area contributed by atoms with Crippen LogP contribution in [0.1, 0.15) is 32.1 Å². The van der Waals surface area contributed by atoms with E-state index in [-0.39, 0.29) is 0 Å². The third-order valence-corrected chi connectivity index (χ3v) is 2.99. The molecular weight excluding hydrogens is 208 g/mol. The van der Waals surface area contributed by atoms with Gasteiger partial charge in [0.15, 0.2) is 0 Å². The highest BCUT2D eigenvalue weighted by atomic mass is 16.4. The average Bonchev–Trinajstić information content (AvgIpc) is 2.68. The summed E-state index contributed by atoms with van der Waals surface area (Å²) >= 11 is 0. The zero-order valence-electron chi connectivity index (χ0n) is 9.24. The number of nitrogens with one attached hydrogen (secondary N) is 1. The van der Waals surface area contributed by atoms with Gasteiger partial charge in [0.05, 0.1) is 6.04 Å². The van der Waals surface area contributed by atoms with Gasteiger partial charge < -0.3 is 16.2 Å². The molecule has 1 aliphatic carbocycles. The van der Waals surface area contributed by atoms with Gasteiger partial charge in [0.1, 0.15) is 5.54 Å². The Morgan fingerprint density at radius 1 is 1.50 bits per heavy atom. The van der Waals surface area contributed by atoms with Gasteiger partial charge in [-0.05, 0) is 19.3 Å². The zero-order chi connectivity index (χ0) is 12.2. The summed E-state index contributed by atoms with van der Waals surface area (Å²) in [5.41, 5.74) is 4.49. The van der Waals surface area contributed by atoms with E-state index in [0.717, 1.165) is 12.8 Å². The van der Waals surface area contributed by atoms with E-state index >= 15 is 0 Å². The van der Waals surface area contributed by atoms with E-state index < -0.39 is 23.5 Å². The molecule has 1 aliphatic rings. The number of hydrogen-bond acceptors (Lipinski definition) is 3. The van der Waals surface area contributed by atoms with Crippen molar-refractivity contribution in [3.63, 3.8) is 0 Å². The quantitative estimate of drug-likeness (QED) is 0.592. The smallest absolute Gasteiger partial charge is 0.329 e. The van der Waals surface area contributed by atoms with Crippen LogP contribution in [0.5, 0.6) is 0 Å². The molecule has 5 nitrogen and oxygen atoms in total. The average molecular weight is 226 g/mol. The number of carboxylic acids is 1. The Hall–Kier alpha value is -1.36. The summed E-state index contributed by atoms with van der Waals surface area (Å²) in [4.78, 5) is 22.8. The van der Waals surface area contributed by atoms with Crippen molar-refractivity contribution in [2.75, 3.05) is 0 Å². The molecule has 0 bridgehead atoms. The van der Waals surface area contributed by atoms with Gasteiger partial charge in [-0.15, -0.1) is 6.58 Å². The Labute approximate surface area is 94.7 Å². The first kappa shape index (κ1) is 12.7. The number of carbonyl (C=O) groups excluding carboxylic acids is 1. The van der Waals surface area contributed by atoms with Crippen LogP contribution in [-0.4, -0.2) is 28.6 Å². The van der Waals surface area contributed by atoms with Crippen LogP contribution in [0, 0.1) is 0 Å². The molecule has 1 fully saturated rings. The van der Waals surface area contributed by atoms with Gasteiger partial charge in [0.2, 0.25) is 5.91 Å². The van der Waals surface area contributed by atoms with Crippen molar-refractivity contribution in [3.05, 3.63) is 12.7 Å². The molecule has 1 atom stereocenters. The first-order chi connectivity index (χ1) is 7.52. The molecule has 0 saturated heterocycles. The molecule has 0 aromatic rings. The van der Waals surface area contributed by atoms with Gasteiger partial charge in [-0.3, -0.25) is 4.79 Å². The van der Waals surface area contributed by atoms with E-state index in [9.17, 15) is 9.59 Å². The third kappa shape index (κ3) is 2.61. The van der Waals surface area contributed by atoms with E-state index in [0.29, 0.717) is 19.3 Å². The summed E-state index contributed by atoms with van der Waals surface area (Å²) in [6.07, 6.45) is 4.50. The van der Waals surface area contributed by atoms with E-state index in [1.165, 1.54) is 0 Å². The topological polar surface area (TPSA) is 92.4 Å². The second kappa shape index (κ2) is 5.12. The number of aliphatic carboxylic acids is 1. The van der Waals surface area contributed by atoms with Crippen molar-refractivity contribution >= 4 is 11.9 Å². The molecule has 0 aromatic heterocycles. The van der Waals surface area contributed by atoms with Crippen LogP contribution in [0.15, 0.2) is 12.7 Å². The minimum Gasteiger partial charge on any atom is -0.480 e. The normalized spacial score (nSPS) is 20.1. The Morgan fingerprint density at radius 3 is 2.50 bits per heavy atom. The Morgan fingerprint density at radius 2 is 2.06 bits per heavy atom. The van der Waals surface area contributed by atoms with Gasteiger partial charge in [-0.2, -0.15) is 0 Å². The van der Waals surface area contributed by atoms with Crippen LogP contribution in [-0.2, 0) is 9.59 Å². The predicted octanol–water partition coefficient (Wildman–Crippen LogP) is 0.403. The number of carboxylic acid groups (broad SMARTS) is 1. The van der Waals surface area contributed by atoms with Gasteiger partial charge >= 0.3 is 5.97 Å². The van der Waals surface area contributed by atoms with Gasteiger partial charge in [0.25, 0.3) is 0 Å². The first-order valence-corrected chi connectivity index (χ1v) is 5.44. The van der Waals surface area contributed by atoms with Crippen molar-refractivity contribution in [2.24, 2.45) is 5.73 Å².